The van der Waals surface area contributed by atoms with E-state index in [2.05, 4.69) is 11.9 Å². The Morgan fingerprint density at radius 1 is 1.14 bits per heavy atom. The lowest BCUT2D eigenvalue weighted by Crippen LogP contribution is -2.34. The summed E-state index contributed by atoms with van der Waals surface area (Å²) in [5, 5.41) is 2.48. The van der Waals surface area contributed by atoms with Gasteiger partial charge in [0.15, 0.2) is 6.61 Å². The smallest absolute Gasteiger partial charge is 0.333 e. The summed E-state index contributed by atoms with van der Waals surface area (Å²) in [5.74, 6) is -1.35. The standard InChI is InChI=1S/C14H23NO5.2CH4/c1-6-14(4,5)13(18)20-9-11(16)15-7-8-19-12(17)10(2)3;;/h2,6-9H2,1,3-5H3,(H,15,16);2*1H4. The van der Waals surface area contributed by atoms with Crippen LogP contribution in [-0.2, 0) is 23.9 Å². The predicted octanol–water partition coefficient (Wildman–Crippen LogP) is 2.47. The molecule has 0 spiro atoms. The first-order chi connectivity index (χ1) is 9.20. The number of esters is 2. The van der Waals surface area contributed by atoms with Crippen molar-refractivity contribution in [3.63, 3.8) is 0 Å². The van der Waals surface area contributed by atoms with Crippen molar-refractivity contribution in [1.82, 2.24) is 5.32 Å². The summed E-state index contributed by atoms with van der Waals surface area (Å²) < 4.78 is 9.69. The second kappa shape index (κ2) is 11.8. The maximum Gasteiger partial charge on any atom is 0.333 e. The Morgan fingerprint density at radius 3 is 2.14 bits per heavy atom. The van der Waals surface area contributed by atoms with Crippen molar-refractivity contribution in [1.29, 1.82) is 0 Å². The van der Waals surface area contributed by atoms with Gasteiger partial charge in [0.2, 0.25) is 0 Å². The van der Waals surface area contributed by atoms with E-state index in [9.17, 15) is 14.4 Å². The average molecular weight is 317 g/mol. The van der Waals surface area contributed by atoms with E-state index in [-0.39, 0.29) is 34.6 Å². The molecule has 0 aliphatic carbocycles. The molecule has 1 amide bonds. The molecular weight excluding hydrogens is 286 g/mol. The van der Waals surface area contributed by atoms with Gasteiger partial charge in [-0.2, -0.15) is 0 Å². The van der Waals surface area contributed by atoms with E-state index in [4.69, 9.17) is 9.47 Å². The number of hydrogen-bond donors (Lipinski definition) is 1. The van der Waals surface area contributed by atoms with Gasteiger partial charge in [-0.1, -0.05) is 28.4 Å². The first-order valence-corrected chi connectivity index (χ1v) is 6.47. The Bertz CT molecular complexity index is 388. The van der Waals surface area contributed by atoms with Gasteiger partial charge in [0.25, 0.3) is 5.91 Å². The molecule has 0 saturated carbocycles. The lowest BCUT2D eigenvalue weighted by atomic mass is 9.91. The molecule has 0 aromatic carbocycles. The largest absolute Gasteiger partial charge is 0.460 e. The van der Waals surface area contributed by atoms with Gasteiger partial charge in [0.1, 0.15) is 6.61 Å². The third kappa shape index (κ3) is 9.96. The molecule has 6 nitrogen and oxygen atoms in total. The summed E-state index contributed by atoms with van der Waals surface area (Å²) in [6.07, 6.45) is 0.629. The lowest BCUT2D eigenvalue weighted by molar-refractivity contribution is -0.157. The number of hydrogen-bond acceptors (Lipinski definition) is 5. The van der Waals surface area contributed by atoms with E-state index in [1.165, 1.54) is 6.92 Å². The zero-order valence-corrected chi connectivity index (χ0v) is 12.6. The maximum atomic E-state index is 11.6. The molecule has 0 radical (unpaired) electrons. The third-order valence-corrected chi connectivity index (χ3v) is 2.78. The Balaban J connectivity index is -0.00000180. The van der Waals surface area contributed by atoms with Gasteiger partial charge in [-0.3, -0.25) is 9.59 Å². The summed E-state index contributed by atoms with van der Waals surface area (Å²) >= 11 is 0. The van der Waals surface area contributed by atoms with Crippen LogP contribution in [0.5, 0.6) is 0 Å². The van der Waals surface area contributed by atoms with Crippen LogP contribution in [0.2, 0.25) is 0 Å². The Labute approximate surface area is 134 Å². The van der Waals surface area contributed by atoms with Gasteiger partial charge in [-0.05, 0) is 27.2 Å². The molecule has 1 N–H and O–H groups in total. The molecular formula is C16H31NO5. The summed E-state index contributed by atoms with van der Waals surface area (Å²) in [6, 6.07) is 0. The molecule has 0 atom stereocenters. The minimum absolute atomic E-state index is 0. The number of amides is 1. The van der Waals surface area contributed by atoms with Crippen LogP contribution in [0.3, 0.4) is 0 Å². The number of ether oxygens (including phenoxy) is 2. The van der Waals surface area contributed by atoms with Crippen molar-refractivity contribution in [2.45, 2.75) is 49.0 Å². The minimum Gasteiger partial charge on any atom is -0.460 e. The van der Waals surface area contributed by atoms with Crippen molar-refractivity contribution in [3.8, 4) is 0 Å². The lowest BCUT2D eigenvalue weighted by Gasteiger charge is -2.19. The molecule has 0 saturated heterocycles. The van der Waals surface area contributed by atoms with Crippen LogP contribution in [0, 0.1) is 5.41 Å². The van der Waals surface area contributed by atoms with Crippen molar-refractivity contribution < 1.29 is 23.9 Å². The SMILES string of the molecule is C.C.C=C(C)C(=O)OCCNC(=O)COC(=O)C(C)(C)CC. The Kier molecular flexibility index (Phi) is 13.4. The number of carbonyl (C=O) groups excluding carboxylic acids is 3. The van der Waals surface area contributed by atoms with Crippen LogP contribution in [0.1, 0.15) is 49.0 Å². The van der Waals surface area contributed by atoms with Crippen LogP contribution < -0.4 is 5.32 Å². The summed E-state index contributed by atoms with van der Waals surface area (Å²) in [5.41, 5.74) is -0.302. The highest BCUT2D eigenvalue weighted by molar-refractivity contribution is 5.87. The van der Waals surface area contributed by atoms with E-state index in [1.807, 2.05) is 6.92 Å². The molecule has 22 heavy (non-hydrogen) atoms. The highest BCUT2D eigenvalue weighted by Crippen LogP contribution is 2.21. The number of nitrogens with one attached hydrogen (secondary N) is 1. The maximum absolute atomic E-state index is 11.6. The van der Waals surface area contributed by atoms with E-state index < -0.39 is 23.3 Å². The van der Waals surface area contributed by atoms with Crippen LogP contribution in [0.15, 0.2) is 12.2 Å². The molecule has 0 unspecified atom stereocenters. The minimum atomic E-state index is -0.600. The summed E-state index contributed by atoms with van der Waals surface area (Å²) in [7, 11) is 0. The second-order valence-corrected chi connectivity index (χ2v) is 5.08. The first kappa shape index (κ1) is 25.1. The molecule has 0 heterocycles. The van der Waals surface area contributed by atoms with Crippen LogP contribution in [0.4, 0.5) is 0 Å². The normalized spacial score (nSPS) is 9.64. The summed E-state index contributed by atoms with van der Waals surface area (Å²) in [6.45, 7) is 10.2. The topological polar surface area (TPSA) is 81.7 Å². The van der Waals surface area contributed by atoms with E-state index in [0.29, 0.717) is 12.0 Å². The van der Waals surface area contributed by atoms with Crippen LogP contribution in [-0.4, -0.2) is 37.6 Å². The molecule has 0 aromatic heterocycles. The van der Waals surface area contributed by atoms with Gasteiger partial charge >= 0.3 is 11.9 Å². The number of carbonyl (C=O) groups is 3. The fourth-order valence-corrected chi connectivity index (χ4v) is 0.979. The van der Waals surface area contributed by atoms with E-state index in [0.717, 1.165) is 0 Å². The fourth-order valence-electron chi connectivity index (χ4n) is 0.979. The molecule has 0 aliphatic rings. The third-order valence-electron chi connectivity index (χ3n) is 2.78. The van der Waals surface area contributed by atoms with Gasteiger partial charge in [0, 0.05) is 5.57 Å². The Morgan fingerprint density at radius 2 is 1.68 bits per heavy atom. The molecule has 0 rings (SSSR count). The molecule has 0 aliphatic heterocycles. The van der Waals surface area contributed by atoms with Crippen LogP contribution in [0.25, 0.3) is 0 Å². The average Bonchev–Trinajstić information content (AvgIpc) is 2.40. The highest BCUT2D eigenvalue weighted by atomic mass is 16.5. The van der Waals surface area contributed by atoms with E-state index in [1.54, 1.807) is 13.8 Å². The first-order valence-electron chi connectivity index (χ1n) is 6.47. The molecule has 130 valence electrons. The molecule has 0 fully saturated rings. The van der Waals surface area contributed by atoms with Crippen molar-refractivity contribution >= 4 is 17.8 Å². The molecule has 0 aromatic rings. The fraction of sp³-hybridized carbons (Fsp3) is 0.688. The quantitative estimate of drug-likeness (QED) is 0.422. The predicted molar refractivity (Wildman–Crippen MR) is 87.3 cm³/mol. The zero-order chi connectivity index (χ0) is 15.8. The van der Waals surface area contributed by atoms with Crippen molar-refractivity contribution in [2.75, 3.05) is 19.8 Å². The Hall–Kier alpha value is -1.85. The van der Waals surface area contributed by atoms with Gasteiger partial charge in [0.05, 0.1) is 12.0 Å². The van der Waals surface area contributed by atoms with Crippen LogP contribution >= 0.6 is 0 Å². The van der Waals surface area contributed by atoms with Gasteiger partial charge < -0.3 is 14.8 Å². The second-order valence-electron chi connectivity index (χ2n) is 5.08. The number of rotatable bonds is 8. The highest BCUT2D eigenvalue weighted by Gasteiger charge is 2.27. The van der Waals surface area contributed by atoms with E-state index >= 15 is 0 Å². The van der Waals surface area contributed by atoms with Gasteiger partial charge in [-0.25, -0.2) is 4.79 Å². The monoisotopic (exact) mass is 317 g/mol. The van der Waals surface area contributed by atoms with Crippen molar-refractivity contribution in [3.05, 3.63) is 12.2 Å². The van der Waals surface area contributed by atoms with Crippen molar-refractivity contribution in [2.24, 2.45) is 5.41 Å². The van der Waals surface area contributed by atoms with Gasteiger partial charge in [-0.15, -0.1) is 0 Å². The zero-order valence-electron chi connectivity index (χ0n) is 12.6. The molecule has 0 bridgehead atoms. The molecule has 6 heteroatoms. The summed E-state index contributed by atoms with van der Waals surface area (Å²) in [4.78, 5) is 34.1.